The van der Waals surface area contributed by atoms with Gasteiger partial charge in [0.1, 0.15) is 12.5 Å². The highest BCUT2D eigenvalue weighted by Gasteiger charge is 2.46. The summed E-state index contributed by atoms with van der Waals surface area (Å²) < 4.78 is 14.3. The second-order valence-electron chi connectivity index (χ2n) is 8.76. The lowest BCUT2D eigenvalue weighted by atomic mass is 9.77. The summed E-state index contributed by atoms with van der Waals surface area (Å²) >= 11 is 0. The monoisotopic (exact) mass is 368 g/mol. The molecule has 7 nitrogen and oxygen atoms in total. The van der Waals surface area contributed by atoms with E-state index < -0.39 is 6.17 Å². The first-order valence-corrected chi connectivity index (χ1v) is 10.2. The van der Waals surface area contributed by atoms with Crippen LogP contribution in [0.15, 0.2) is 0 Å². The molecule has 9 atom stereocenters. The maximum absolute atomic E-state index is 14.3. The average molecular weight is 369 g/mol. The molecule has 26 heavy (non-hydrogen) atoms. The molecule has 2 saturated carbocycles. The summed E-state index contributed by atoms with van der Waals surface area (Å²) in [7, 11) is 0. The van der Waals surface area contributed by atoms with E-state index in [0.29, 0.717) is 24.7 Å². The molecule has 0 bridgehead atoms. The van der Waals surface area contributed by atoms with E-state index in [9.17, 15) is 9.18 Å². The smallest absolute Gasteiger partial charge is 0.237 e. The van der Waals surface area contributed by atoms with Crippen molar-refractivity contribution in [2.45, 2.75) is 88.6 Å². The molecule has 7 N–H and O–H groups in total. The van der Waals surface area contributed by atoms with E-state index in [-0.39, 0.29) is 42.4 Å². The molecule has 2 heterocycles. The second-order valence-corrected chi connectivity index (χ2v) is 8.76. The Labute approximate surface area is 154 Å². The van der Waals surface area contributed by atoms with Crippen molar-refractivity contribution in [2.75, 3.05) is 0 Å². The fourth-order valence-corrected chi connectivity index (χ4v) is 5.47. The summed E-state index contributed by atoms with van der Waals surface area (Å²) in [5.74, 6) is 0.921. The number of hydrogen-bond donors (Lipinski definition) is 6. The average Bonchev–Trinajstić information content (AvgIpc) is 3.26. The number of hydrogen-bond acceptors (Lipinski definition) is 6. The quantitative estimate of drug-likeness (QED) is 0.421. The van der Waals surface area contributed by atoms with E-state index >= 15 is 0 Å². The highest BCUT2D eigenvalue weighted by molar-refractivity contribution is 5.82. The van der Waals surface area contributed by atoms with Crippen LogP contribution in [0.1, 0.15) is 51.9 Å². The molecule has 4 aliphatic rings. The lowest BCUT2D eigenvalue weighted by Gasteiger charge is -2.34. The number of halogens is 1. The zero-order valence-corrected chi connectivity index (χ0v) is 15.5. The third-order valence-corrected chi connectivity index (χ3v) is 6.94. The molecule has 0 spiro atoms. The van der Waals surface area contributed by atoms with Crippen molar-refractivity contribution in [3.63, 3.8) is 0 Å². The van der Waals surface area contributed by atoms with Crippen LogP contribution in [-0.2, 0) is 4.79 Å². The molecule has 2 aliphatic heterocycles. The highest BCUT2D eigenvalue weighted by atomic mass is 19.1. The molecule has 0 aromatic heterocycles. The number of rotatable bonds is 3. The van der Waals surface area contributed by atoms with Crippen LogP contribution >= 0.6 is 0 Å². The molecule has 2 aliphatic carbocycles. The Morgan fingerprint density at radius 2 is 1.96 bits per heavy atom. The number of fused-ring (bicyclic) bond motifs is 1. The van der Waals surface area contributed by atoms with E-state index in [1.807, 2.05) is 0 Å². The van der Waals surface area contributed by atoms with E-state index in [1.165, 1.54) is 0 Å². The van der Waals surface area contributed by atoms with Gasteiger partial charge in [0.2, 0.25) is 5.91 Å². The lowest BCUT2D eigenvalue weighted by molar-refractivity contribution is -0.124. The minimum absolute atomic E-state index is 0.00643. The van der Waals surface area contributed by atoms with Gasteiger partial charge in [0, 0.05) is 18.0 Å². The van der Waals surface area contributed by atoms with Crippen LogP contribution in [0, 0.1) is 17.8 Å². The van der Waals surface area contributed by atoms with Gasteiger partial charge in [-0.15, -0.1) is 0 Å². The predicted octanol–water partition coefficient (Wildman–Crippen LogP) is 0.0419. The van der Waals surface area contributed by atoms with Crippen molar-refractivity contribution in [3.8, 4) is 0 Å². The normalized spacial score (nSPS) is 49.0. The fourth-order valence-electron chi connectivity index (χ4n) is 5.47. The van der Waals surface area contributed by atoms with Crippen molar-refractivity contribution in [1.29, 1.82) is 0 Å². The zero-order valence-electron chi connectivity index (χ0n) is 15.5. The summed E-state index contributed by atoms with van der Waals surface area (Å²) in [5.41, 5.74) is 12.0. The number of carbonyl (C=O) groups is 1. The molecule has 1 amide bonds. The van der Waals surface area contributed by atoms with Crippen molar-refractivity contribution in [2.24, 2.45) is 23.5 Å². The number of hydrazine groups is 1. The molecular formula is C18H33FN6O. The first-order valence-electron chi connectivity index (χ1n) is 10.2. The Morgan fingerprint density at radius 3 is 2.69 bits per heavy atom. The molecule has 8 heteroatoms. The third kappa shape index (κ3) is 3.75. The standard InChI is InChI=1S/C18H33FN6O/c1-9-5-6-13(19)12-8-14(22-15(9)12)17(26)21-11-4-2-3-10(7-11)16-23-18(20)25-24-16/h9-16,18,22-25H,2-8,20H2,1H3,(H,21,26). The summed E-state index contributed by atoms with van der Waals surface area (Å²) in [6.07, 6.45) is 5.49. The van der Waals surface area contributed by atoms with Crippen LogP contribution in [0.5, 0.6) is 0 Å². The first-order chi connectivity index (χ1) is 12.5. The van der Waals surface area contributed by atoms with Gasteiger partial charge in [-0.05, 0) is 50.4 Å². The van der Waals surface area contributed by atoms with Gasteiger partial charge in [-0.2, -0.15) is 0 Å². The summed E-state index contributed by atoms with van der Waals surface area (Å²) in [4.78, 5) is 12.8. The zero-order chi connectivity index (χ0) is 18.3. The summed E-state index contributed by atoms with van der Waals surface area (Å²) in [6, 6.07) is 0.0831. The summed E-state index contributed by atoms with van der Waals surface area (Å²) in [5, 5.41) is 9.95. The van der Waals surface area contributed by atoms with Crippen LogP contribution in [0.3, 0.4) is 0 Å². The van der Waals surface area contributed by atoms with Gasteiger partial charge in [-0.3, -0.25) is 10.1 Å². The minimum Gasteiger partial charge on any atom is -0.352 e. The molecule has 4 fully saturated rings. The number of nitrogens with one attached hydrogen (secondary N) is 5. The first kappa shape index (κ1) is 18.6. The molecule has 148 valence electrons. The minimum atomic E-state index is -0.767. The van der Waals surface area contributed by atoms with E-state index in [2.05, 4.69) is 33.7 Å². The van der Waals surface area contributed by atoms with E-state index in [1.54, 1.807) is 0 Å². The van der Waals surface area contributed by atoms with Gasteiger partial charge in [0.05, 0.1) is 12.2 Å². The SMILES string of the molecule is CC1CCC(F)C2CC(C(=O)NC3CCCC(C4NNC(N)N4)C3)NC12. The second kappa shape index (κ2) is 7.67. The Balaban J connectivity index is 1.30. The Bertz CT molecular complexity index is 504. The molecular weight excluding hydrogens is 335 g/mol. The van der Waals surface area contributed by atoms with Crippen molar-refractivity contribution >= 4 is 5.91 Å². The van der Waals surface area contributed by atoms with Crippen molar-refractivity contribution < 1.29 is 9.18 Å². The predicted molar refractivity (Wildman–Crippen MR) is 97.2 cm³/mol. The maximum Gasteiger partial charge on any atom is 0.237 e. The van der Waals surface area contributed by atoms with Crippen LogP contribution in [0.4, 0.5) is 4.39 Å². The van der Waals surface area contributed by atoms with Crippen LogP contribution in [-0.4, -0.2) is 42.7 Å². The number of carbonyl (C=O) groups excluding carboxylic acids is 1. The van der Waals surface area contributed by atoms with Gasteiger partial charge < -0.3 is 16.4 Å². The van der Waals surface area contributed by atoms with Gasteiger partial charge in [0.25, 0.3) is 0 Å². The largest absolute Gasteiger partial charge is 0.352 e. The van der Waals surface area contributed by atoms with Gasteiger partial charge in [0.15, 0.2) is 0 Å². The fraction of sp³-hybridized carbons (Fsp3) is 0.944. The van der Waals surface area contributed by atoms with Gasteiger partial charge in [-0.1, -0.05) is 13.3 Å². The van der Waals surface area contributed by atoms with Crippen LogP contribution in [0.2, 0.25) is 0 Å². The molecule has 0 radical (unpaired) electrons. The van der Waals surface area contributed by atoms with Gasteiger partial charge >= 0.3 is 0 Å². The molecule has 0 aromatic carbocycles. The molecule has 9 unspecified atom stereocenters. The number of alkyl halides is 1. The Kier molecular flexibility index (Phi) is 5.48. The maximum atomic E-state index is 14.3. The van der Waals surface area contributed by atoms with Gasteiger partial charge in [-0.25, -0.2) is 15.2 Å². The van der Waals surface area contributed by atoms with Crippen LogP contribution in [0.25, 0.3) is 0 Å². The topological polar surface area (TPSA) is 103 Å². The third-order valence-electron chi connectivity index (χ3n) is 6.94. The summed E-state index contributed by atoms with van der Waals surface area (Å²) in [6.45, 7) is 2.17. The molecule has 2 saturated heterocycles. The number of amides is 1. The van der Waals surface area contributed by atoms with Crippen molar-refractivity contribution in [1.82, 2.24) is 26.8 Å². The van der Waals surface area contributed by atoms with E-state index in [4.69, 9.17) is 5.73 Å². The molecule has 4 rings (SSSR count). The Hall–Kier alpha value is -0.800. The Morgan fingerprint density at radius 1 is 1.12 bits per heavy atom. The highest BCUT2D eigenvalue weighted by Crippen LogP contribution is 2.38. The lowest BCUT2D eigenvalue weighted by Crippen LogP contribution is -2.51. The van der Waals surface area contributed by atoms with Crippen molar-refractivity contribution in [3.05, 3.63) is 0 Å². The molecule has 0 aromatic rings. The van der Waals surface area contributed by atoms with Crippen LogP contribution < -0.4 is 32.5 Å². The van der Waals surface area contributed by atoms with E-state index in [0.717, 1.165) is 32.1 Å². The number of nitrogens with two attached hydrogens (primary N) is 1.